The topological polar surface area (TPSA) is 54.8 Å². The summed E-state index contributed by atoms with van der Waals surface area (Å²) < 4.78 is 6.86. The fraction of sp³-hybridized carbons (Fsp3) is 0.333. The molecule has 0 unspecified atom stereocenters. The highest BCUT2D eigenvalue weighted by Crippen LogP contribution is 2.22. The van der Waals surface area contributed by atoms with Crippen LogP contribution in [0.15, 0.2) is 59.5 Å². The van der Waals surface area contributed by atoms with E-state index >= 15 is 0 Å². The van der Waals surface area contributed by atoms with Gasteiger partial charge in [0.2, 0.25) is 0 Å². The van der Waals surface area contributed by atoms with Crippen LogP contribution in [0, 0.1) is 0 Å². The number of methoxy groups -OCH3 is 1. The summed E-state index contributed by atoms with van der Waals surface area (Å²) in [6.45, 7) is 6.40. The number of nitrogens with zero attached hydrogens (tertiary/aromatic N) is 3. The van der Waals surface area contributed by atoms with Gasteiger partial charge in [0.1, 0.15) is 5.75 Å². The molecule has 6 heteroatoms. The molecule has 1 aromatic heterocycles. The molecule has 1 aliphatic rings. The Morgan fingerprint density at radius 1 is 1.00 bits per heavy atom. The lowest BCUT2D eigenvalue weighted by Crippen LogP contribution is -2.49. The maximum absolute atomic E-state index is 13.5. The summed E-state index contributed by atoms with van der Waals surface area (Å²) >= 11 is 0. The van der Waals surface area contributed by atoms with Gasteiger partial charge in [-0.3, -0.25) is 19.1 Å². The number of benzene rings is 2. The van der Waals surface area contributed by atoms with E-state index in [-0.39, 0.29) is 11.5 Å². The van der Waals surface area contributed by atoms with E-state index in [1.165, 1.54) is 0 Å². The number of piperazine rings is 1. The molecule has 0 aliphatic carbocycles. The summed E-state index contributed by atoms with van der Waals surface area (Å²) in [7, 11) is 1.59. The number of hydrogen-bond donors (Lipinski definition) is 0. The summed E-state index contributed by atoms with van der Waals surface area (Å²) in [5, 5.41) is 1.23. The van der Waals surface area contributed by atoms with Gasteiger partial charge in [-0.1, -0.05) is 31.2 Å². The zero-order valence-electron chi connectivity index (χ0n) is 17.5. The Labute approximate surface area is 176 Å². The average molecular weight is 405 g/mol. The fourth-order valence-corrected chi connectivity index (χ4v) is 4.08. The molecular weight excluding hydrogens is 378 g/mol. The molecule has 0 bridgehead atoms. The van der Waals surface area contributed by atoms with Crippen molar-refractivity contribution in [1.29, 1.82) is 0 Å². The number of ether oxygens (including phenoxy) is 1. The largest absolute Gasteiger partial charge is 0.497 e. The molecule has 156 valence electrons. The van der Waals surface area contributed by atoms with Gasteiger partial charge in [0, 0.05) is 49.2 Å². The third-order valence-corrected chi connectivity index (χ3v) is 5.69. The number of hydrogen-bond acceptors (Lipinski definition) is 4. The molecule has 0 atom stereocenters. The predicted molar refractivity (Wildman–Crippen MR) is 119 cm³/mol. The smallest absolute Gasteiger partial charge is 0.262 e. The number of aromatic nitrogens is 1. The van der Waals surface area contributed by atoms with E-state index in [1.54, 1.807) is 30.0 Å². The molecule has 2 aromatic carbocycles. The molecule has 4 rings (SSSR count). The first kappa shape index (κ1) is 20.2. The van der Waals surface area contributed by atoms with Crippen molar-refractivity contribution in [2.45, 2.75) is 13.3 Å². The first-order valence-electron chi connectivity index (χ1n) is 10.4. The van der Waals surface area contributed by atoms with E-state index in [1.807, 2.05) is 41.3 Å². The standard InChI is InChI=1S/C24H27N3O3/c1-3-11-25-12-14-26(15-13-25)23(28)22-17-27(18-7-6-8-19(16-18)30-2)24(29)21-10-5-4-9-20(21)22/h4-10,16-17H,3,11-15H2,1-2H3. The quantitative estimate of drug-likeness (QED) is 0.654. The molecule has 1 saturated heterocycles. The van der Waals surface area contributed by atoms with Gasteiger partial charge in [-0.05, 0) is 31.2 Å². The molecule has 6 nitrogen and oxygen atoms in total. The minimum Gasteiger partial charge on any atom is -0.497 e. The highest BCUT2D eigenvalue weighted by Gasteiger charge is 2.24. The van der Waals surface area contributed by atoms with Crippen LogP contribution in [0.5, 0.6) is 5.75 Å². The maximum Gasteiger partial charge on any atom is 0.262 e. The molecule has 0 N–H and O–H groups in total. The summed E-state index contributed by atoms with van der Waals surface area (Å²) in [5.74, 6) is 0.631. The molecule has 3 aromatic rings. The van der Waals surface area contributed by atoms with Crippen LogP contribution in [0.3, 0.4) is 0 Å². The van der Waals surface area contributed by atoms with Gasteiger partial charge in [0.05, 0.1) is 18.4 Å². The second-order valence-electron chi connectivity index (χ2n) is 7.60. The monoisotopic (exact) mass is 405 g/mol. The number of pyridine rings is 1. The predicted octanol–water partition coefficient (Wildman–Crippen LogP) is 3.17. The molecular formula is C24H27N3O3. The van der Waals surface area contributed by atoms with Crippen LogP contribution in [0.25, 0.3) is 16.5 Å². The molecule has 30 heavy (non-hydrogen) atoms. The van der Waals surface area contributed by atoms with Crippen LogP contribution in [0.4, 0.5) is 0 Å². The van der Waals surface area contributed by atoms with Crippen LogP contribution in [-0.2, 0) is 0 Å². The Bertz CT molecular complexity index is 1110. The van der Waals surface area contributed by atoms with Crippen molar-refractivity contribution < 1.29 is 9.53 Å². The summed E-state index contributed by atoms with van der Waals surface area (Å²) in [6, 6.07) is 14.6. The van der Waals surface area contributed by atoms with Crippen LogP contribution < -0.4 is 10.3 Å². The van der Waals surface area contributed by atoms with E-state index in [0.717, 1.165) is 26.1 Å². The Kier molecular flexibility index (Phi) is 5.86. The van der Waals surface area contributed by atoms with Gasteiger partial charge in [0.25, 0.3) is 11.5 Å². The molecule has 2 heterocycles. The van der Waals surface area contributed by atoms with E-state index in [9.17, 15) is 9.59 Å². The van der Waals surface area contributed by atoms with Gasteiger partial charge in [-0.15, -0.1) is 0 Å². The summed E-state index contributed by atoms with van der Waals surface area (Å²) in [4.78, 5) is 30.9. The normalized spacial score (nSPS) is 14.8. The van der Waals surface area contributed by atoms with Crippen molar-refractivity contribution in [2.75, 3.05) is 39.8 Å². The second-order valence-corrected chi connectivity index (χ2v) is 7.60. The van der Waals surface area contributed by atoms with Crippen LogP contribution >= 0.6 is 0 Å². The average Bonchev–Trinajstić information content (AvgIpc) is 2.80. The number of rotatable bonds is 5. The number of fused-ring (bicyclic) bond motifs is 1. The first-order valence-corrected chi connectivity index (χ1v) is 10.4. The lowest BCUT2D eigenvalue weighted by molar-refractivity contribution is 0.0639. The van der Waals surface area contributed by atoms with Gasteiger partial charge in [-0.2, -0.15) is 0 Å². The van der Waals surface area contributed by atoms with Gasteiger partial charge in [-0.25, -0.2) is 0 Å². The van der Waals surface area contributed by atoms with E-state index < -0.39 is 0 Å². The molecule has 1 fully saturated rings. The van der Waals surface area contributed by atoms with Crippen molar-refractivity contribution in [2.24, 2.45) is 0 Å². The van der Waals surface area contributed by atoms with Crippen molar-refractivity contribution in [3.05, 3.63) is 70.6 Å². The van der Waals surface area contributed by atoms with Crippen molar-refractivity contribution in [3.8, 4) is 11.4 Å². The Balaban J connectivity index is 1.77. The zero-order valence-corrected chi connectivity index (χ0v) is 17.5. The van der Waals surface area contributed by atoms with E-state index in [2.05, 4.69) is 11.8 Å². The Morgan fingerprint density at radius 2 is 1.73 bits per heavy atom. The fourth-order valence-electron chi connectivity index (χ4n) is 4.08. The highest BCUT2D eigenvalue weighted by atomic mass is 16.5. The zero-order chi connectivity index (χ0) is 21.1. The van der Waals surface area contributed by atoms with Gasteiger partial charge in [0.15, 0.2) is 0 Å². The minimum absolute atomic E-state index is 0.0287. The van der Waals surface area contributed by atoms with Crippen LogP contribution in [0.2, 0.25) is 0 Å². The van der Waals surface area contributed by atoms with E-state index in [4.69, 9.17) is 4.74 Å². The van der Waals surface area contributed by atoms with Crippen molar-refractivity contribution >= 4 is 16.7 Å². The molecule has 0 spiro atoms. The van der Waals surface area contributed by atoms with Gasteiger partial charge >= 0.3 is 0 Å². The third kappa shape index (κ3) is 3.83. The minimum atomic E-state index is -0.150. The second kappa shape index (κ2) is 8.71. The molecule has 1 aliphatic heterocycles. The first-order chi connectivity index (χ1) is 14.6. The molecule has 0 saturated carbocycles. The number of amides is 1. The summed E-state index contributed by atoms with van der Waals surface area (Å²) in [5.41, 5.74) is 1.08. The number of carbonyl (C=O) groups excluding carboxylic acids is 1. The lowest BCUT2D eigenvalue weighted by atomic mass is 10.1. The van der Waals surface area contributed by atoms with Crippen LogP contribution in [0.1, 0.15) is 23.7 Å². The highest BCUT2D eigenvalue weighted by molar-refractivity contribution is 6.06. The lowest BCUT2D eigenvalue weighted by Gasteiger charge is -2.34. The third-order valence-electron chi connectivity index (χ3n) is 5.69. The number of carbonyl (C=O) groups is 1. The SMILES string of the molecule is CCCN1CCN(C(=O)c2cn(-c3cccc(OC)c3)c(=O)c3ccccc23)CC1. The van der Waals surface area contributed by atoms with Gasteiger partial charge < -0.3 is 9.64 Å². The Morgan fingerprint density at radius 3 is 2.43 bits per heavy atom. The Hall–Kier alpha value is -3.12. The molecule has 0 radical (unpaired) electrons. The van der Waals surface area contributed by atoms with Crippen molar-refractivity contribution in [3.63, 3.8) is 0 Å². The van der Waals surface area contributed by atoms with E-state index in [0.29, 0.717) is 40.9 Å². The van der Waals surface area contributed by atoms with Crippen molar-refractivity contribution in [1.82, 2.24) is 14.4 Å². The maximum atomic E-state index is 13.5. The molecule has 1 amide bonds. The van der Waals surface area contributed by atoms with Crippen LogP contribution in [-0.4, -0.2) is 60.1 Å². The summed E-state index contributed by atoms with van der Waals surface area (Å²) in [6.07, 6.45) is 2.80.